The Hall–Kier alpha value is -3.75. The summed E-state index contributed by atoms with van der Waals surface area (Å²) in [4.78, 5) is 28.9. The zero-order chi connectivity index (χ0) is 25.2. The molecule has 1 aliphatic rings. The summed E-state index contributed by atoms with van der Waals surface area (Å²) < 4.78 is 8.74. The van der Waals surface area contributed by atoms with Gasteiger partial charge >= 0.3 is 0 Å². The molecule has 0 bridgehead atoms. The Kier molecular flexibility index (Phi) is 6.71. The molecular formula is C28H31N5O3. The van der Waals surface area contributed by atoms with Gasteiger partial charge in [-0.15, -0.1) is 0 Å². The molecule has 4 aromatic rings. The maximum Gasteiger partial charge on any atom is 0.281 e. The summed E-state index contributed by atoms with van der Waals surface area (Å²) in [7, 11) is 0. The van der Waals surface area contributed by atoms with Gasteiger partial charge in [-0.25, -0.2) is 0 Å². The first-order valence-electron chi connectivity index (χ1n) is 12.3. The van der Waals surface area contributed by atoms with Crippen molar-refractivity contribution in [2.24, 2.45) is 0 Å². The molecule has 5 rings (SSSR count). The van der Waals surface area contributed by atoms with Gasteiger partial charge in [0.2, 0.25) is 5.91 Å². The molecule has 1 atom stereocenters. The normalized spacial score (nSPS) is 15.2. The maximum atomic E-state index is 13.3. The van der Waals surface area contributed by atoms with Crippen LogP contribution in [0, 0.1) is 13.8 Å². The zero-order valence-corrected chi connectivity index (χ0v) is 20.9. The number of para-hydroxylation sites is 1. The second kappa shape index (κ2) is 10.1. The highest BCUT2D eigenvalue weighted by Gasteiger charge is 2.24. The molecule has 1 unspecified atom stereocenters. The van der Waals surface area contributed by atoms with Crippen molar-refractivity contribution in [2.75, 3.05) is 31.6 Å². The Bertz CT molecular complexity index is 1430. The van der Waals surface area contributed by atoms with Crippen LogP contribution in [-0.4, -0.2) is 51.5 Å². The first kappa shape index (κ1) is 24.0. The van der Waals surface area contributed by atoms with Crippen LogP contribution in [0.4, 0.5) is 5.69 Å². The van der Waals surface area contributed by atoms with Crippen LogP contribution in [0.3, 0.4) is 0 Å². The largest absolute Gasteiger partial charge is 0.379 e. The summed E-state index contributed by atoms with van der Waals surface area (Å²) in [6.07, 6.45) is 1.71. The van der Waals surface area contributed by atoms with Crippen molar-refractivity contribution in [1.82, 2.24) is 19.2 Å². The summed E-state index contributed by atoms with van der Waals surface area (Å²) >= 11 is 0. The lowest BCUT2D eigenvalue weighted by molar-refractivity contribution is -0.118. The second-order valence-corrected chi connectivity index (χ2v) is 9.28. The second-order valence-electron chi connectivity index (χ2n) is 9.28. The van der Waals surface area contributed by atoms with Gasteiger partial charge in [-0.05, 0) is 50.6 Å². The Morgan fingerprint density at radius 3 is 2.42 bits per heavy atom. The number of carbonyl (C=O) groups is 1. The summed E-state index contributed by atoms with van der Waals surface area (Å²) in [6.45, 7) is 9.95. The molecule has 36 heavy (non-hydrogen) atoms. The molecule has 1 N–H and O–H groups in total. The third-order valence-electron chi connectivity index (χ3n) is 6.95. The summed E-state index contributed by atoms with van der Waals surface area (Å²) in [5.74, 6) is -0.140. The molecule has 0 spiro atoms. The molecule has 1 aliphatic heterocycles. The van der Waals surface area contributed by atoms with Gasteiger partial charge < -0.3 is 14.6 Å². The predicted octanol–water partition coefficient (Wildman–Crippen LogP) is 3.84. The van der Waals surface area contributed by atoms with Crippen molar-refractivity contribution in [2.45, 2.75) is 33.4 Å². The number of amides is 1. The van der Waals surface area contributed by atoms with E-state index >= 15 is 0 Å². The predicted molar refractivity (Wildman–Crippen MR) is 141 cm³/mol. The molecule has 2 aromatic heterocycles. The molecule has 8 heteroatoms. The molecule has 0 aliphatic carbocycles. The fourth-order valence-corrected chi connectivity index (χ4v) is 4.99. The van der Waals surface area contributed by atoms with Crippen molar-refractivity contribution < 1.29 is 9.53 Å². The number of aryl methyl sites for hydroxylation is 2. The van der Waals surface area contributed by atoms with Crippen LogP contribution < -0.4 is 10.9 Å². The molecule has 2 aromatic carbocycles. The number of carbonyl (C=O) groups excluding carboxylic acids is 1. The maximum absolute atomic E-state index is 13.3. The highest BCUT2D eigenvalue weighted by Crippen LogP contribution is 2.27. The van der Waals surface area contributed by atoms with Crippen LogP contribution >= 0.6 is 0 Å². The lowest BCUT2D eigenvalue weighted by Crippen LogP contribution is -2.35. The number of nitrogens with one attached hydrogen (secondary N) is 1. The third kappa shape index (κ3) is 4.57. The Balaban J connectivity index is 1.36. The van der Waals surface area contributed by atoms with Crippen molar-refractivity contribution in [3.8, 4) is 5.69 Å². The van der Waals surface area contributed by atoms with E-state index in [9.17, 15) is 9.59 Å². The number of hydrogen-bond acceptors (Lipinski definition) is 5. The highest BCUT2D eigenvalue weighted by atomic mass is 16.5. The third-order valence-corrected chi connectivity index (χ3v) is 6.95. The summed E-state index contributed by atoms with van der Waals surface area (Å²) in [5, 5.41) is 8.77. The van der Waals surface area contributed by atoms with E-state index in [-0.39, 0.29) is 11.5 Å². The molecular weight excluding hydrogens is 454 g/mol. The molecule has 3 heterocycles. The monoisotopic (exact) mass is 485 g/mol. The van der Waals surface area contributed by atoms with Gasteiger partial charge in [-0.3, -0.25) is 14.5 Å². The molecule has 1 amide bonds. The van der Waals surface area contributed by atoms with Gasteiger partial charge in [0.15, 0.2) is 0 Å². The number of hydrogen-bond donors (Lipinski definition) is 1. The lowest BCUT2D eigenvalue weighted by atomic mass is 10.1. The standard InChI is InChI=1S/C28H31N5O3/c1-19-25-17-29-33(24-7-5-4-6-8-24)28(35)26(25)20(2)32(19)21(3)27(34)30-23-11-9-22(10-12-23)18-31-13-15-36-16-14-31/h4-12,17,21H,13-16,18H2,1-3H3,(H,30,34). The molecule has 0 saturated carbocycles. The van der Waals surface area contributed by atoms with E-state index < -0.39 is 6.04 Å². The highest BCUT2D eigenvalue weighted by molar-refractivity contribution is 5.95. The average Bonchev–Trinajstić information content (AvgIpc) is 3.16. The number of benzene rings is 2. The van der Waals surface area contributed by atoms with Crippen LogP contribution in [0.15, 0.2) is 65.6 Å². The van der Waals surface area contributed by atoms with Crippen LogP contribution in [0.1, 0.15) is 29.9 Å². The lowest BCUT2D eigenvalue weighted by Gasteiger charge is -2.26. The minimum Gasteiger partial charge on any atom is -0.379 e. The Morgan fingerprint density at radius 2 is 1.72 bits per heavy atom. The summed E-state index contributed by atoms with van der Waals surface area (Å²) in [5.41, 5.74) is 4.06. The number of aromatic nitrogens is 3. The van der Waals surface area contributed by atoms with Crippen LogP contribution in [0.2, 0.25) is 0 Å². The first-order valence-corrected chi connectivity index (χ1v) is 12.3. The topological polar surface area (TPSA) is 81.4 Å². The number of rotatable bonds is 6. The zero-order valence-electron chi connectivity index (χ0n) is 20.9. The van der Waals surface area contributed by atoms with Gasteiger partial charge in [-0.1, -0.05) is 30.3 Å². The van der Waals surface area contributed by atoms with Crippen LogP contribution in [-0.2, 0) is 16.1 Å². The first-order chi connectivity index (χ1) is 17.4. The van der Waals surface area contributed by atoms with Gasteiger partial charge in [-0.2, -0.15) is 9.78 Å². The van der Waals surface area contributed by atoms with Crippen LogP contribution in [0.25, 0.3) is 16.5 Å². The van der Waals surface area contributed by atoms with Crippen molar-refractivity contribution in [1.29, 1.82) is 0 Å². The number of fused-ring (bicyclic) bond motifs is 1. The minimum absolute atomic E-state index is 0.140. The Morgan fingerprint density at radius 1 is 1.03 bits per heavy atom. The summed E-state index contributed by atoms with van der Waals surface area (Å²) in [6, 6.07) is 16.8. The molecule has 186 valence electrons. The van der Waals surface area contributed by atoms with Crippen LogP contribution in [0.5, 0.6) is 0 Å². The fraction of sp³-hybridized carbons (Fsp3) is 0.321. The van der Waals surface area contributed by atoms with Crippen molar-refractivity contribution >= 4 is 22.4 Å². The quantitative estimate of drug-likeness (QED) is 0.449. The van der Waals surface area contributed by atoms with E-state index in [1.165, 1.54) is 10.2 Å². The molecule has 8 nitrogen and oxygen atoms in total. The van der Waals surface area contributed by atoms with E-state index in [4.69, 9.17) is 4.74 Å². The van der Waals surface area contributed by atoms with Gasteiger partial charge in [0.1, 0.15) is 6.04 Å². The van der Waals surface area contributed by atoms with Gasteiger partial charge in [0.25, 0.3) is 5.56 Å². The SMILES string of the molecule is Cc1c2cnn(-c3ccccc3)c(=O)c2c(C)n1C(C)C(=O)Nc1ccc(CN2CCOCC2)cc1. The van der Waals surface area contributed by atoms with E-state index in [2.05, 4.69) is 15.3 Å². The number of ether oxygens (including phenoxy) is 1. The van der Waals surface area contributed by atoms with E-state index in [1.807, 2.05) is 79.9 Å². The Labute approximate surface area is 210 Å². The number of anilines is 1. The van der Waals surface area contributed by atoms with Gasteiger partial charge in [0, 0.05) is 42.1 Å². The minimum atomic E-state index is -0.505. The molecule has 1 saturated heterocycles. The fourth-order valence-electron chi connectivity index (χ4n) is 4.99. The van der Waals surface area contributed by atoms with Crippen molar-refractivity contribution in [3.63, 3.8) is 0 Å². The molecule has 1 fully saturated rings. The smallest absolute Gasteiger partial charge is 0.281 e. The van der Waals surface area contributed by atoms with Gasteiger partial charge in [0.05, 0.1) is 30.5 Å². The van der Waals surface area contributed by atoms with E-state index in [1.54, 1.807) is 6.20 Å². The van der Waals surface area contributed by atoms with E-state index in [0.717, 1.165) is 55.3 Å². The number of morpholine rings is 1. The van der Waals surface area contributed by atoms with E-state index in [0.29, 0.717) is 11.1 Å². The molecule has 0 radical (unpaired) electrons. The average molecular weight is 486 g/mol. The number of nitrogens with zero attached hydrogens (tertiary/aromatic N) is 4. The van der Waals surface area contributed by atoms with Crippen molar-refractivity contribution in [3.05, 3.63) is 88.1 Å².